The maximum Gasteiger partial charge on any atom is 0.389 e. The summed E-state index contributed by atoms with van der Waals surface area (Å²) < 4.78 is 40.2. The first-order valence-corrected chi connectivity index (χ1v) is 4.40. The van der Waals surface area contributed by atoms with E-state index in [0.717, 1.165) is 0 Å². The molecule has 0 saturated carbocycles. The molecule has 0 radical (unpaired) electrons. The first kappa shape index (κ1) is 13.4. The van der Waals surface area contributed by atoms with Gasteiger partial charge in [-0.05, 0) is 5.92 Å². The molecule has 0 aliphatic carbocycles. The van der Waals surface area contributed by atoms with Crippen molar-refractivity contribution in [2.24, 2.45) is 5.92 Å². The summed E-state index contributed by atoms with van der Waals surface area (Å²) in [5.74, 6) is -0.583. The largest absolute Gasteiger partial charge is 0.389 e. The van der Waals surface area contributed by atoms with Crippen molar-refractivity contribution in [2.75, 3.05) is 7.11 Å². The third-order valence-electron chi connectivity index (χ3n) is 1.83. The molecule has 14 heavy (non-hydrogen) atoms. The quantitative estimate of drug-likeness (QED) is 0.700. The number of Topliss-reactive ketones (excluding diaryl/α,β-unsaturated/α-hetero) is 1. The molecule has 0 aromatic heterocycles. The van der Waals surface area contributed by atoms with E-state index in [2.05, 4.69) is 0 Å². The minimum absolute atomic E-state index is 0.0965. The molecule has 0 aromatic rings. The Morgan fingerprint density at radius 2 is 1.86 bits per heavy atom. The lowest BCUT2D eigenvalue weighted by Gasteiger charge is -2.17. The van der Waals surface area contributed by atoms with Crippen LogP contribution in [0.2, 0.25) is 0 Å². The minimum atomic E-state index is -4.27. The lowest BCUT2D eigenvalue weighted by molar-refractivity contribution is -0.148. The topological polar surface area (TPSA) is 26.3 Å². The van der Waals surface area contributed by atoms with Crippen LogP contribution in [0.15, 0.2) is 0 Å². The van der Waals surface area contributed by atoms with Crippen molar-refractivity contribution in [3.05, 3.63) is 0 Å². The van der Waals surface area contributed by atoms with E-state index in [-0.39, 0.29) is 5.92 Å². The number of ketones is 1. The van der Waals surface area contributed by atoms with Gasteiger partial charge in [-0.3, -0.25) is 4.79 Å². The van der Waals surface area contributed by atoms with Crippen LogP contribution in [0, 0.1) is 5.92 Å². The van der Waals surface area contributed by atoms with Gasteiger partial charge >= 0.3 is 6.18 Å². The second-order valence-electron chi connectivity index (χ2n) is 3.48. The number of halogens is 3. The molecule has 1 unspecified atom stereocenters. The second kappa shape index (κ2) is 5.34. The second-order valence-corrected chi connectivity index (χ2v) is 3.48. The van der Waals surface area contributed by atoms with Crippen molar-refractivity contribution >= 4 is 5.78 Å². The molecule has 0 rings (SSSR count). The molecule has 0 aromatic carbocycles. The molecule has 0 amide bonds. The number of rotatable bonds is 5. The van der Waals surface area contributed by atoms with Gasteiger partial charge in [-0.25, -0.2) is 0 Å². The Labute approximate surface area is 81.4 Å². The maximum absolute atomic E-state index is 11.8. The van der Waals surface area contributed by atoms with Crippen LogP contribution in [0.1, 0.15) is 26.7 Å². The number of hydrogen-bond donors (Lipinski definition) is 0. The van der Waals surface area contributed by atoms with E-state index >= 15 is 0 Å². The summed E-state index contributed by atoms with van der Waals surface area (Å²) in [4.78, 5) is 11.2. The van der Waals surface area contributed by atoms with Crippen LogP contribution in [0.4, 0.5) is 13.2 Å². The highest BCUT2D eigenvalue weighted by molar-refractivity contribution is 5.83. The predicted molar refractivity (Wildman–Crippen MR) is 45.9 cm³/mol. The van der Waals surface area contributed by atoms with Crippen LogP contribution in [0.5, 0.6) is 0 Å². The molecule has 1 atom stereocenters. The summed E-state index contributed by atoms with van der Waals surface area (Å²) in [5, 5.41) is 0. The highest BCUT2D eigenvalue weighted by Gasteiger charge is 2.30. The molecule has 0 spiro atoms. The smallest absolute Gasteiger partial charge is 0.373 e. The van der Waals surface area contributed by atoms with Gasteiger partial charge in [0.25, 0.3) is 0 Å². The van der Waals surface area contributed by atoms with Crippen LogP contribution in [-0.2, 0) is 9.53 Å². The van der Waals surface area contributed by atoms with Gasteiger partial charge in [-0.2, -0.15) is 13.2 Å². The molecule has 84 valence electrons. The Morgan fingerprint density at radius 3 is 2.14 bits per heavy atom. The summed E-state index contributed by atoms with van der Waals surface area (Å²) in [7, 11) is 1.33. The number of carbonyl (C=O) groups is 1. The van der Waals surface area contributed by atoms with E-state index < -0.39 is 30.9 Å². The normalized spacial score (nSPS) is 14.5. The van der Waals surface area contributed by atoms with Crippen molar-refractivity contribution in [1.29, 1.82) is 0 Å². The Balaban J connectivity index is 4.06. The van der Waals surface area contributed by atoms with E-state index in [1.54, 1.807) is 13.8 Å². The van der Waals surface area contributed by atoms with E-state index in [1.165, 1.54) is 7.11 Å². The van der Waals surface area contributed by atoms with Crippen molar-refractivity contribution < 1.29 is 22.7 Å². The fourth-order valence-corrected chi connectivity index (χ4v) is 1.18. The molecule has 0 heterocycles. The lowest BCUT2D eigenvalue weighted by atomic mass is 10.00. The molecule has 5 heteroatoms. The van der Waals surface area contributed by atoms with Gasteiger partial charge < -0.3 is 4.74 Å². The Kier molecular flexibility index (Phi) is 5.12. The minimum Gasteiger partial charge on any atom is -0.373 e. The number of hydrogen-bond acceptors (Lipinski definition) is 2. The van der Waals surface area contributed by atoms with Crippen LogP contribution < -0.4 is 0 Å². The van der Waals surface area contributed by atoms with Crippen LogP contribution in [0.3, 0.4) is 0 Å². The van der Waals surface area contributed by atoms with E-state index in [9.17, 15) is 18.0 Å². The highest BCUT2D eigenvalue weighted by Crippen LogP contribution is 2.22. The van der Waals surface area contributed by atoms with Gasteiger partial charge in [0.1, 0.15) is 6.10 Å². The van der Waals surface area contributed by atoms with E-state index in [0.29, 0.717) is 0 Å². The maximum atomic E-state index is 11.8. The number of alkyl halides is 3. The fourth-order valence-electron chi connectivity index (χ4n) is 1.18. The summed E-state index contributed by atoms with van der Waals surface area (Å²) in [6, 6.07) is 0. The zero-order valence-corrected chi connectivity index (χ0v) is 8.52. The predicted octanol–water partition coefficient (Wildman–Crippen LogP) is 2.57. The lowest BCUT2D eigenvalue weighted by Crippen LogP contribution is -2.29. The molecule has 0 aliphatic heterocycles. The van der Waals surface area contributed by atoms with Crippen molar-refractivity contribution in [3.8, 4) is 0 Å². The Morgan fingerprint density at radius 1 is 1.36 bits per heavy atom. The summed E-state index contributed by atoms with van der Waals surface area (Å²) in [6.07, 6.45) is -6.57. The van der Waals surface area contributed by atoms with E-state index in [4.69, 9.17) is 4.74 Å². The molecular formula is C9H15F3O2. The van der Waals surface area contributed by atoms with Gasteiger partial charge in [0.15, 0.2) is 5.78 Å². The summed E-state index contributed by atoms with van der Waals surface area (Å²) in [5.41, 5.74) is 0. The average molecular weight is 212 g/mol. The number of ether oxygens (including phenoxy) is 1. The molecular weight excluding hydrogens is 197 g/mol. The molecule has 0 bridgehead atoms. The summed E-state index contributed by atoms with van der Waals surface area (Å²) in [6.45, 7) is 3.47. The van der Waals surface area contributed by atoms with Gasteiger partial charge in [-0.15, -0.1) is 0 Å². The molecule has 0 N–H and O–H groups in total. The molecule has 0 fully saturated rings. The van der Waals surface area contributed by atoms with Crippen LogP contribution >= 0.6 is 0 Å². The van der Waals surface area contributed by atoms with Crippen molar-refractivity contribution in [1.82, 2.24) is 0 Å². The third kappa shape index (κ3) is 5.21. The molecule has 2 nitrogen and oxygen atoms in total. The SMILES string of the molecule is COC(C(=O)CCC(F)(F)F)C(C)C. The first-order valence-electron chi connectivity index (χ1n) is 4.40. The van der Waals surface area contributed by atoms with E-state index in [1.807, 2.05) is 0 Å². The Bertz CT molecular complexity index is 187. The zero-order chi connectivity index (χ0) is 11.4. The van der Waals surface area contributed by atoms with Crippen LogP contribution in [-0.4, -0.2) is 25.2 Å². The monoisotopic (exact) mass is 212 g/mol. The van der Waals surface area contributed by atoms with Crippen molar-refractivity contribution in [2.45, 2.75) is 39.0 Å². The first-order chi connectivity index (χ1) is 6.28. The summed E-state index contributed by atoms with van der Waals surface area (Å²) >= 11 is 0. The average Bonchev–Trinajstić information content (AvgIpc) is 2.00. The zero-order valence-electron chi connectivity index (χ0n) is 8.52. The third-order valence-corrected chi connectivity index (χ3v) is 1.83. The molecule has 0 saturated heterocycles. The number of carbonyl (C=O) groups excluding carboxylic acids is 1. The van der Waals surface area contributed by atoms with Crippen molar-refractivity contribution in [3.63, 3.8) is 0 Å². The van der Waals surface area contributed by atoms with Gasteiger partial charge in [0.2, 0.25) is 0 Å². The standard InChI is InChI=1S/C9H15F3O2/c1-6(2)8(14-3)7(13)4-5-9(10,11)12/h6,8H,4-5H2,1-3H3. The van der Waals surface area contributed by atoms with Gasteiger partial charge in [-0.1, -0.05) is 13.8 Å². The van der Waals surface area contributed by atoms with Gasteiger partial charge in [0, 0.05) is 13.5 Å². The fraction of sp³-hybridized carbons (Fsp3) is 0.889. The highest BCUT2D eigenvalue weighted by atomic mass is 19.4. The van der Waals surface area contributed by atoms with Crippen LogP contribution in [0.25, 0.3) is 0 Å². The van der Waals surface area contributed by atoms with Gasteiger partial charge in [0.05, 0.1) is 6.42 Å². The number of methoxy groups -OCH3 is 1. The molecule has 0 aliphatic rings. The Hall–Kier alpha value is -0.580.